The minimum atomic E-state index is -3.99. The first-order chi connectivity index (χ1) is 16.4. The lowest BCUT2D eigenvalue weighted by molar-refractivity contribution is 0.601. The van der Waals surface area contributed by atoms with E-state index in [0.717, 1.165) is 27.9 Å². The number of hydrogen-bond acceptors (Lipinski definition) is 7. The maximum absolute atomic E-state index is 13.0. The van der Waals surface area contributed by atoms with E-state index in [0.29, 0.717) is 18.5 Å². The van der Waals surface area contributed by atoms with Crippen LogP contribution < -0.4 is 10.5 Å². The van der Waals surface area contributed by atoms with Gasteiger partial charge in [0.1, 0.15) is 0 Å². The molecule has 0 spiro atoms. The number of nitrogens with two attached hydrogens (primary N) is 1. The molecule has 4 aromatic rings. The van der Waals surface area contributed by atoms with Crippen LogP contribution >= 0.6 is 11.6 Å². The van der Waals surface area contributed by atoms with Crippen LogP contribution in [0.4, 0.5) is 11.6 Å². The molecule has 0 saturated heterocycles. The van der Waals surface area contributed by atoms with E-state index >= 15 is 0 Å². The number of sulfonamides is 1. The topological polar surface area (TPSA) is 135 Å². The Kier molecular flexibility index (Phi) is 5.40. The third kappa shape index (κ3) is 3.94. The van der Waals surface area contributed by atoms with Gasteiger partial charge in [0.05, 0.1) is 38.6 Å². The van der Waals surface area contributed by atoms with Crippen LogP contribution in [0, 0.1) is 11.3 Å². The zero-order valence-corrected chi connectivity index (χ0v) is 19.2. The fraction of sp³-hybridized carbons (Fsp3) is 0.0833. The molecule has 0 aliphatic heterocycles. The molecule has 3 N–H and O–H groups in total. The lowest BCUT2D eigenvalue weighted by atomic mass is 9.86. The van der Waals surface area contributed by atoms with Crippen molar-refractivity contribution in [1.29, 1.82) is 5.26 Å². The number of pyridine rings is 1. The van der Waals surface area contributed by atoms with Crippen molar-refractivity contribution in [2.24, 2.45) is 0 Å². The van der Waals surface area contributed by atoms with Crippen LogP contribution in [0.1, 0.15) is 16.8 Å². The molecule has 2 heterocycles. The second kappa shape index (κ2) is 8.41. The highest BCUT2D eigenvalue weighted by molar-refractivity contribution is 7.92. The molecule has 2 aromatic heterocycles. The number of benzene rings is 2. The summed E-state index contributed by atoms with van der Waals surface area (Å²) in [4.78, 5) is 13.0. The number of hydrogen-bond donors (Lipinski definition) is 2. The van der Waals surface area contributed by atoms with E-state index in [4.69, 9.17) is 22.6 Å². The molecule has 0 amide bonds. The summed E-state index contributed by atoms with van der Waals surface area (Å²) in [6.45, 7) is 0. The van der Waals surface area contributed by atoms with Crippen LogP contribution in [0.25, 0.3) is 22.4 Å². The Labute approximate surface area is 201 Å². The summed E-state index contributed by atoms with van der Waals surface area (Å²) in [5.74, 6) is 0.168. The molecule has 34 heavy (non-hydrogen) atoms. The predicted octanol–water partition coefficient (Wildman–Crippen LogP) is 4.21. The Bertz CT molecular complexity index is 1580. The number of fused-ring (bicyclic) bond motifs is 3. The minimum absolute atomic E-state index is 0.0330. The number of halogens is 1. The highest BCUT2D eigenvalue weighted by Gasteiger charge is 2.26. The van der Waals surface area contributed by atoms with Gasteiger partial charge in [0, 0.05) is 23.5 Å². The first-order valence-electron chi connectivity index (χ1n) is 10.3. The van der Waals surface area contributed by atoms with Gasteiger partial charge in [-0.2, -0.15) is 5.26 Å². The van der Waals surface area contributed by atoms with Crippen LogP contribution in [0.3, 0.4) is 0 Å². The highest BCUT2D eigenvalue weighted by atomic mass is 35.5. The summed E-state index contributed by atoms with van der Waals surface area (Å²) in [6.07, 6.45) is 4.65. The van der Waals surface area contributed by atoms with Crippen LogP contribution in [0.5, 0.6) is 0 Å². The van der Waals surface area contributed by atoms with Gasteiger partial charge in [-0.15, -0.1) is 0 Å². The quantitative estimate of drug-likeness (QED) is 0.439. The first kappa shape index (κ1) is 21.8. The predicted molar refractivity (Wildman–Crippen MR) is 129 cm³/mol. The number of aryl methyl sites for hydroxylation is 2. The molecule has 10 heteroatoms. The molecule has 0 radical (unpaired) electrons. The fourth-order valence-electron chi connectivity index (χ4n) is 4.03. The normalized spacial score (nSPS) is 12.4. The number of aromatic nitrogens is 3. The molecule has 168 valence electrons. The lowest BCUT2D eigenvalue weighted by Crippen LogP contribution is -2.15. The van der Waals surface area contributed by atoms with Gasteiger partial charge in [-0.05, 0) is 66.4 Å². The van der Waals surface area contributed by atoms with Crippen LogP contribution in [0.15, 0.2) is 65.8 Å². The Morgan fingerprint density at radius 1 is 1.06 bits per heavy atom. The number of anilines is 2. The second-order valence-corrected chi connectivity index (χ2v) is 9.81. The standard InChI is InChI=1S/C24H17ClN6O2S/c25-19-11-16-4-5-20-22(23(30-24(27)29-20)15-6-8-28-9-7-15)18(16)12-21(19)31-34(32,33)17-3-1-2-14(10-17)13-26/h1-3,6-12,31H,4-5H2,(H2,27,29,30). The highest BCUT2D eigenvalue weighted by Crippen LogP contribution is 2.42. The van der Waals surface area contributed by atoms with E-state index in [1.807, 2.05) is 18.2 Å². The summed E-state index contributed by atoms with van der Waals surface area (Å²) < 4.78 is 28.6. The number of nitrogens with one attached hydrogen (secondary N) is 1. The molecule has 5 rings (SSSR count). The third-order valence-electron chi connectivity index (χ3n) is 5.57. The van der Waals surface area contributed by atoms with E-state index in [1.165, 1.54) is 24.3 Å². The van der Waals surface area contributed by atoms with Crippen molar-refractivity contribution in [3.05, 3.63) is 82.8 Å². The fourth-order valence-corrected chi connectivity index (χ4v) is 5.44. The summed E-state index contributed by atoms with van der Waals surface area (Å²) in [7, 11) is -3.99. The van der Waals surface area contributed by atoms with Crippen LogP contribution in [-0.2, 0) is 22.9 Å². The summed E-state index contributed by atoms with van der Waals surface area (Å²) >= 11 is 6.48. The summed E-state index contributed by atoms with van der Waals surface area (Å²) in [5, 5.41) is 9.38. The van der Waals surface area contributed by atoms with Gasteiger partial charge in [0.2, 0.25) is 5.95 Å². The Hall–Kier alpha value is -4.00. The molecule has 1 aliphatic carbocycles. The number of nitriles is 1. The van der Waals surface area contributed by atoms with Crippen molar-refractivity contribution >= 4 is 33.3 Å². The van der Waals surface area contributed by atoms with Gasteiger partial charge in [0.25, 0.3) is 10.0 Å². The first-order valence-corrected chi connectivity index (χ1v) is 12.1. The molecule has 1 aliphatic rings. The van der Waals surface area contributed by atoms with E-state index in [-0.39, 0.29) is 27.1 Å². The summed E-state index contributed by atoms with van der Waals surface area (Å²) in [5.41, 5.74) is 11.2. The molecule has 0 bridgehead atoms. The van der Waals surface area contributed by atoms with Gasteiger partial charge in [-0.1, -0.05) is 17.7 Å². The van der Waals surface area contributed by atoms with Crippen LogP contribution in [0.2, 0.25) is 5.02 Å². The average Bonchev–Trinajstić information content (AvgIpc) is 2.84. The van der Waals surface area contributed by atoms with Gasteiger partial charge < -0.3 is 5.73 Å². The van der Waals surface area contributed by atoms with E-state index in [9.17, 15) is 8.42 Å². The Morgan fingerprint density at radius 2 is 1.85 bits per heavy atom. The SMILES string of the molecule is N#Cc1cccc(S(=O)(=O)Nc2cc3c(cc2Cl)CCc2nc(N)nc(-c4ccncc4)c2-3)c1. The lowest BCUT2D eigenvalue weighted by Gasteiger charge is -2.23. The van der Waals surface area contributed by atoms with E-state index < -0.39 is 10.0 Å². The van der Waals surface area contributed by atoms with Crippen LogP contribution in [-0.4, -0.2) is 23.4 Å². The number of rotatable bonds is 4. The Morgan fingerprint density at radius 3 is 2.62 bits per heavy atom. The molecule has 0 unspecified atom stereocenters. The van der Waals surface area contributed by atoms with Gasteiger partial charge >= 0.3 is 0 Å². The zero-order valence-electron chi connectivity index (χ0n) is 17.7. The molecule has 8 nitrogen and oxygen atoms in total. The number of nitrogens with zero attached hydrogens (tertiary/aromatic N) is 4. The summed E-state index contributed by atoms with van der Waals surface area (Å²) in [6, 6.07) is 14.8. The van der Waals surface area contributed by atoms with Gasteiger partial charge in [-0.25, -0.2) is 18.4 Å². The van der Waals surface area contributed by atoms with Crippen molar-refractivity contribution < 1.29 is 8.42 Å². The Balaban J connectivity index is 1.64. The molecule has 0 atom stereocenters. The monoisotopic (exact) mass is 488 g/mol. The van der Waals surface area contributed by atoms with E-state index in [2.05, 4.69) is 19.7 Å². The average molecular weight is 489 g/mol. The van der Waals surface area contributed by atoms with Crippen molar-refractivity contribution in [3.63, 3.8) is 0 Å². The zero-order chi connectivity index (χ0) is 23.9. The molecule has 0 fully saturated rings. The molecule has 2 aromatic carbocycles. The number of nitrogen functional groups attached to an aromatic ring is 1. The third-order valence-corrected chi connectivity index (χ3v) is 7.24. The molecular formula is C24H17ClN6O2S. The maximum atomic E-state index is 13.0. The van der Waals surface area contributed by atoms with Crippen molar-refractivity contribution in [3.8, 4) is 28.5 Å². The second-order valence-electron chi connectivity index (χ2n) is 7.72. The van der Waals surface area contributed by atoms with Crippen molar-refractivity contribution in [2.45, 2.75) is 17.7 Å². The smallest absolute Gasteiger partial charge is 0.261 e. The van der Waals surface area contributed by atoms with E-state index in [1.54, 1.807) is 24.5 Å². The van der Waals surface area contributed by atoms with Crippen molar-refractivity contribution in [2.75, 3.05) is 10.5 Å². The molecule has 0 saturated carbocycles. The minimum Gasteiger partial charge on any atom is -0.368 e. The maximum Gasteiger partial charge on any atom is 0.261 e. The largest absolute Gasteiger partial charge is 0.368 e. The van der Waals surface area contributed by atoms with Gasteiger partial charge in [0.15, 0.2) is 0 Å². The van der Waals surface area contributed by atoms with Crippen molar-refractivity contribution in [1.82, 2.24) is 15.0 Å². The molecular weight excluding hydrogens is 472 g/mol. The van der Waals surface area contributed by atoms with Gasteiger partial charge in [-0.3, -0.25) is 9.71 Å².